The highest BCUT2D eigenvalue weighted by molar-refractivity contribution is 5.72. The summed E-state index contributed by atoms with van der Waals surface area (Å²) in [6, 6.07) is 0. The SMILES string of the molecule is CCC(C)CNC(C)=O. The topological polar surface area (TPSA) is 29.1 Å². The minimum absolute atomic E-state index is 0.0651. The molecule has 0 aliphatic carbocycles. The molecule has 9 heavy (non-hydrogen) atoms. The second-order valence-corrected chi connectivity index (χ2v) is 2.45. The molecule has 1 amide bonds. The number of nitrogens with one attached hydrogen (secondary N) is 1. The molecule has 2 nitrogen and oxygen atoms in total. The van der Waals surface area contributed by atoms with Gasteiger partial charge in [-0.05, 0) is 5.92 Å². The van der Waals surface area contributed by atoms with E-state index in [4.69, 9.17) is 0 Å². The molecular weight excluding hydrogens is 114 g/mol. The zero-order valence-corrected chi connectivity index (χ0v) is 6.40. The van der Waals surface area contributed by atoms with Crippen LogP contribution in [0.2, 0.25) is 0 Å². The average molecular weight is 129 g/mol. The van der Waals surface area contributed by atoms with Crippen LogP contribution >= 0.6 is 0 Å². The van der Waals surface area contributed by atoms with Crippen molar-refractivity contribution in [3.63, 3.8) is 0 Å². The van der Waals surface area contributed by atoms with Gasteiger partial charge in [0.05, 0.1) is 0 Å². The van der Waals surface area contributed by atoms with Gasteiger partial charge in [0.1, 0.15) is 0 Å². The largest absolute Gasteiger partial charge is 0.356 e. The molecule has 1 unspecified atom stereocenters. The first kappa shape index (κ1) is 8.47. The predicted molar refractivity (Wildman–Crippen MR) is 38.1 cm³/mol. The van der Waals surface area contributed by atoms with Crippen molar-refractivity contribution in [1.29, 1.82) is 0 Å². The third-order valence-corrected chi connectivity index (χ3v) is 1.40. The molecule has 0 aliphatic rings. The fraction of sp³-hybridized carbons (Fsp3) is 0.857. The van der Waals surface area contributed by atoms with Gasteiger partial charge in [0.2, 0.25) is 5.91 Å². The second kappa shape index (κ2) is 4.36. The Kier molecular flexibility index (Phi) is 4.10. The Bertz CT molecular complexity index is 90.9. The van der Waals surface area contributed by atoms with Crippen molar-refractivity contribution < 1.29 is 4.79 Å². The van der Waals surface area contributed by atoms with Gasteiger partial charge >= 0.3 is 0 Å². The zero-order valence-electron chi connectivity index (χ0n) is 6.40. The fourth-order valence-electron chi connectivity index (χ4n) is 0.462. The molecule has 0 aliphatic heterocycles. The molecule has 0 saturated carbocycles. The third-order valence-electron chi connectivity index (χ3n) is 1.40. The van der Waals surface area contributed by atoms with E-state index in [0.717, 1.165) is 13.0 Å². The third kappa shape index (κ3) is 5.34. The summed E-state index contributed by atoms with van der Waals surface area (Å²) in [5, 5.41) is 2.76. The van der Waals surface area contributed by atoms with E-state index in [2.05, 4.69) is 19.2 Å². The van der Waals surface area contributed by atoms with Crippen LogP contribution in [0.15, 0.2) is 0 Å². The summed E-state index contributed by atoms with van der Waals surface area (Å²) in [7, 11) is 0. The fourth-order valence-corrected chi connectivity index (χ4v) is 0.462. The van der Waals surface area contributed by atoms with Crippen LogP contribution in [-0.2, 0) is 4.79 Å². The van der Waals surface area contributed by atoms with E-state index in [9.17, 15) is 4.79 Å². The van der Waals surface area contributed by atoms with Gasteiger partial charge in [-0.2, -0.15) is 0 Å². The van der Waals surface area contributed by atoms with Crippen LogP contribution in [0.3, 0.4) is 0 Å². The summed E-state index contributed by atoms with van der Waals surface area (Å²) in [5.74, 6) is 0.671. The quantitative estimate of drug-likeness (QED) is 0.609. The lowest BCUT2D eigenvalue weighted by atomic mass is 10.1. The highest BCUT2D eigenvalue weighted by Crippen LogP contribution is 1.96. The van der Waals surface area contributed by atoms with E-state index in [1.54, 1.807) is 6.92 Å². The molecule has 0 fully saturated rings. The molecule has 2 heteroatoms. The maximum Gasteiger partial charge on any atom is 0.216 e. The van der Waals surface area contributed by atoms with Crippen molar-refractivity contribution >= 4 is 5.91 Å². The number of carbonyl (C=O) groups excluding carboxylic acids is 1. The molecule has 0 aromatic heterocycles. The number of carbonyl (C=O) groups is 1. The normalized spacial score (nSPS) is 12.8. The smallest absolute Gasteiger partial charge is 0.216 e. The molecule has 1 N–H and O–H groups in total. The van der Waals surface area contributed by atoms with Crippen molar-refractivity contribution in [2.45, 2.75) is 27.2 Å². The molecule has 0 spiro atoms. The Morgan fingerprint density at radius 1 is 1.67 bits per heavy atom. The predicted octanol–water partition coefficient (Wildman–Crippen LogP) is 1.17. The van der Waals surface area contributed by atoms with Crippen LogP contribution < -0.4 is 5.32 Å². The van der Waals surface area contributed by atoms with Gasteiger partial charge in [-0.15, -0.1) is 0 Å². The molecule has 0 aromatic carbocycles. The lowest BCUT2D eigenvalue weighted by Crippen LogP contribution is -2.25. The van der Waals surface area contributed by atoms with Gasteiger partial charge in [0.15, 0.2) is 0 Å². The standard InChI is InChI=1S/C7H15NO/c1-4-6(2)5-8-7(3)9/h6H,4-5H2,1-3H3,(H,8,9). The van der Waals surface area contributed by atoms with E-state index in [0.29, 0.717) is 5.92 Å². The molecule has 0 aromatic rings. The van der Waals surface area contributed by atoms with Crippen LogP contribution in [0.4, 0.5) is 0 Å². The monoisotopic (exact) mass is 129 g/mol. The Balaban J connectivity index is 3.16. The van der Waals surface area contributed by atoms with Gasteiger partial charge in [-0.1, -0.05) is 20.3 Å². The average Bonchev–Trinajstić information content (AvgIpc) is 1.83. The van der Waals surface area contributed by atoms with E-state index in [-0.39, 0.29) is 5.91 Å². The van der Waals surface area contributed by atoms with Crippen LogP contribution in [0.25, 0.3) is 0 Å². The Morgan fingerprint density at radius 3 is 2.56 bits per heavy atom. The highest BCUT2D eigenvalue weighted by Gasteiger charge is 1.97. The second-order valence-electron chi connectivity index (χ2n) is 2.45. The summed E-state index contributed by atoms with van der Waals surface area (Å²) in [4.78, 5) is 10.4. The lowest BCUT2D eigenvalue weighted by Gasteiger charge is -2.07. The Hall–Kier alpha value is -0.530. The molecule has 1 atom stereocenters. The van der Waals surface area contributed by atoms with Crippen molar-refractivity contribution in [3.05, 3.63) is 0 Å². The molecule has 0 heterocycles. The number of rotatable bonds is 3. The summed E-state index contributed by atoms with van der Waals surface area (Å²) in [5.41, 5.74) is 0. The van der Waals surface area contributed by atoms with Crippen molar-refractivity contribution in [2.24, 2.45) is 5.92 Å². The van der Waals surface area contributed by atoms with Gasteiger partial charge in [-0.3, -0.25) is 4.79 Å². The molecule has 54 valence electrons. The van der Waals surface area contributed by atoms with E-state index >= 15 is 0 Å². The van der Waals surface area contributed by atoms with Crippen molar-refractivity contribution in [2.75, 3.05) is 6.54 Å². The first-order valence-electron chi connectivity index (χ1n) is 3.41. The Labute approximate surface area is 56.6 Å². The zero-order chi connectivity index (χ0) is 7.28. The molecule has 0 radical (unpaired) electrons. The van der Waals surface area contributed by atoms with Crippen LogP contribution in [0, 0.1) is 5.92 Å². The highest BCUT2D eigenvalue weighted by atomic mass is 16.1. The first-order valence-corrected chi connectivity index (χ1v) is 3.41. The Morgan fingerprint density at radius 2 is 2.22 bits per heavy atom. The molecule has 0 bridgehead atoms. The van der Waals surface area contributed by atoms with E-state index in [1.165, 1.54) is 0 Å². The summed E-state index contributed by atoms with van der Waals surface area (Å²) < 4.78 is 0. The number of amides is 1. The summed E-state index contributed by atoms with van der Waals surface area (Å²) in [6.07, 6.45) is 1.13. The minimum atomic E-state index is 0.0651. The molecular formula is C7H15NO. The van der Waals surface area contributed by atoms with Crippen LogP contribution in [0.5, 0.6) is 0 Å². The van der Waals surface area contributed by atoms with Crippen LogP contribution in [-0.4, -0.2) is 12.5 Å². The molecule has 0 saturated heterocycles. The van der Waals surface area contributed by atoms with Gasteiger partial charge in [0, 0.05) is 13.5 Å². The van der Waals surface area contributed by atoms with Crippen molar-refractivity contribution in [3.8, 4) is 0 Å². The molecule has 0 rings (SSSR count). The lowest BCUT2D eigenvalue weighted by molar-refractivity contribution is -0.119. The summed E-state index contributed by atoms with van der Waals surface area (Å²) >= 11 is 0. The van der Waals surface area contributed by atoms with E-state index < -0.39 is 0 Å². The first-order chi connectivity index (χ1) is 4.16. The van der Waals surface area contributed by atoms with E-state index in [1.807, 2.05) is 0 Å². The summed E-state index contributed by atoms with van der Waals surface area (Å²) in [6.45, 7) is 6.59. The number of hydrogen-bond donors (Lipinski definition) is 1. The van der Waals surface area contributed by atoms with Crippen molar-refractivity contribution in [1.82, 2.24) is 5.32 Å². The maximum atomic E-state index is 10.4. The van der Waals surface area contributed by atoms with Gasteiger partial charge in [0.25, 0.3) is 0 Å². The van der Waals surface area contributed by atoms with Gasteiger partial charge in [-0.25, -0.2) is 0 Å². The van der Waals surface area contributed by atoms with Crippen LogP contribution in [0.1, 0.15) is 27.2 Å². The maximum absolute atomic E-state index is 10.4. The van der Waals surface area contributed by atoms with Gasteiger partial charge < -0.3 is 5.32 Å². The number of hydrogen-bond acceptors (Lipinski definition) is 1. The minimum Gasteiger partial charge on any atom is -0.356 e.